The van der Waals surface area contributed by atoms with Crippen LogP contribution >= 0.6 is 0 Å². The van der Waals surface area contributed by atoms with Gasteiger partial charge in [0.1, 0.15) is 0 Å². The van der Waals surface area contributed by atoms with E-state index >= 15 is 0 Å². The Bertz CT molecular complexity index is 670. The third kappa shape index (κ3) is 3.08. The normalized spacial score (nSPS) is 10.9. The highest BCUT2D eigenvalue weighted by Crippen LogP contribution is 2.25. The fraction of sp³-hybridized carbons (Fsp3) is 0.538. The molecule has 9 nitrogen and oxygen atoms in total. The molecular weight excluding hydrogens is 290 g/mol. The Morgan fingerprint density at radius 2 is 2.14 bits per heavy atom. The second-order valence-electron chi connectivity index (χ2n) is 4.57. The summed E-state index contributed by atoms with van der Waals surface area (Å²) in [6.45, 7) is 2.20. The van der Waals surface area contributed by atoms with Gasteiger partial charge in [-0.1, -0.05) is 13.3 Å². The maximum atomic E-state index is 12.1. The summed E-state index contributed by atoms with van der Waals surface area (Å²) >= 11 is 0. The minimum Gasteiger partial charge on any atom is -0.468 e. The topological polar surface area (TPSA) is 125 Å². The van der Waals surface area contributed by atoms with Crippen molar-refractivity contribution in [2.45, 2.75) is 26.2 Å². The quantitative estimate of drug-likeness (QED) is 0.713. The van der Waals surface area contributed by atoms with E-state index in [1.54, 1.807) is 0 Å². The van der Waals surface area contributed by atoms with Crippen molar-refractivity contribution in [1.29, 1.82) is 0 Å². The average molecular weight is 309 g/mol. The summed E-state index contributed by atoms with van der Waals surface area (Å²) in [5, 5.41) is 8.95. The van der Waals surface area contributed by atoms with Crippen LogP contribution in [0.25, 0.3) is 11.2 Å². The van der Waals surface area contributed by atoms with Crippen molar-refractivity contribution in [2.24, 2.45) is 0 Å². The minimum atomic E-state index is -0.403. The van der Waals surface area contributed by atoms with Gasteiger partial charge in [-0.25, -0.2) is 4.57 Å². The van der Waals surface area contributed by atoms with Gasteiger partial charge in [-0.05, 0) is 6.42 Å². The van der Waals surface area contributed by atoms with Crippen LogP contribution in [-0.2, 0) is 0 Å². The summed E-state index contributed by atoms with van der Waals surface area (Å²) in [5.74, 6) is -0.301. The van der Waals surface area contributed by atoms with Gasteiger partial charge < -0.3 is 20.3 Å². The Kier molecular flexibility index (Phi) is 5.10. The number of rotatable bonds is 7. The number of nitrogens with two attached hydrogens (primary N) is 1. The predicted octanol–water partition coefficient (Wildman–Crippen LogP) is 0.619. The Morgan fingerprint density at radius 1 is 1.36 bits per heavy atom. The van der Waals surface area contributed by atoms with Crippen LogP contribution in [-0.4, -0.2) is 50.9 Å². The molecule has 120 valence electrons. The van der Waals surface area contributed by atoms with Crippen LogP contribution in [0.2, 0.25) is 0 Å². The summed E-state index contributed by atoms with van der Waals surface area (Å²) in [6.07, 6.45) is 1.74. The molecule has 9 heteroatoms. The number of anilines is 1. The van der Waals surface area contributed by atoms with E-state index in [-0.39, 0.29) is 42.0 Å². The first-order valence-electron chi connectivity index (χ1n) is 6.99. The van der Waals surface area contributed by atoms with Gasteiger partial charge >= 0.3 is 12.0 Å². The zero-order valence-electron chi connectivity index (χ0n) is 12.6. The molecule has 0 aromatic carbocycles. The highest BCUT2D eigenvalue weighted by molar-refractivity contribution is 5.93. The van der Waals surface area contributed by atoms with Gasteiger partial charge in [0.05, 0.1) is 26.7 Å². The van der Waals surface area contributed by atoms with Crippen LogP contribution in [0.15, 0.2) is 0 Å². The molecule has 0 aliphatic heterocycles. The van der Waals surface area contributed by atoms with Gasteiger partial charge in [-0.2, -0.15) is 15.0 Å². The van der Waals surface area contributed by atoms with E-state index in [4.69, 9.17) is 20.3 Å². The van der Waals surface area contributed by atoms with Crippen LogP contribution in [0.3, 0.4) is 0 Å². The smallest absolute Gasteiger partial charge is 0.320 e. The summed E-state index contributed by atoms with van der Waals surface area (Å²) < 4.78 is 11.7. The van der Waals surface area contributed by atoms with E-state index in [0.29, 0.717) is 6.61 Å². The number of aromatic nitrogens is 4. The summed E-state index contributed by atoms with van der Waals surface area (Å²) in [7, 11) is 1.38. The van der Waals surface area contributed by atoms with E-state index in [0.717, 1.165) is 17.4 Å². The number of imidazole rings is 1. The Hall–Kier alpha value is -2.42. The first kappa shape index (κ1) is 16.0. The average Bonchev–Trinajstić information content (AvgIpc) is 2.87. The minimum absolute atomic E-state index is 0.0418. The maximum Gasteiger partial charge on any atom is 0.320 e. The van der Waals surface area contributed by atoms with Crippen molar-refractivity contribution in [2.75, 3.05) is 26.1 Å². The van der Waals surface area contributed by atoms with Crippen LogP contribution in [0, 0.1) is 0 Å². The molecule has 3 N–H and O–H groups in total. The second-order valence-corrected chi connectivity index (χ2v) is 4.57. The lowest BCUT2D eigenvalue weighted by molar-refractivity contribution is 0.0869. The molecule has 0 fully saturated rings. The number of nitrogen functional groups attached to an aromatic ring is 1. The SMILES string of the molecule is CCCCOc1nc(N)c2nc(OC)n(C(=O)CCO)c2n1. The molecule has 0 aliphatic rings. The molecule has 0 saturated heterocycles. The molecule has 0 bridgehead atoms. The number of hydrogen-bond donors (Lipinski definition) is 2. The molecule has 0 atom stereocenters. The largest absolute Gasteiger partial charge is 0.468 e. The molecule has 22 heavy (non-hydrogen) atoms. The van der Waals surface area contributed by atoms with Crippen LogP contribution in [0.1, 0.15) is 31.0 Å². The number of carbonyl (C=O) groups excluding carboxylic acids is 1. The lowest BCUT2D eigenvalue weighted by atomic mass is 10.4. The molecule has 0 amide bonds. The number of unbranched alkanes of at least 4 members (excludes halogenated alkanes) is 1. The van der Waals surface area contributed by atoms with Crippen LogP contribution in [0.5, 0.6) is 12.0 Å². The molecule has 0 unspecified atom stereocenters. The van der Waals surface area contributed by atoms with E-state index in [2.05, 4.69) is 15.0 Å². The van der Waals surface area contributed by atoms with Crippen molar-refractivity contribution >= 4 is 22.9 Å². The molecule has 0 aliphatic carbocycles. The first-order chi connectivity index (χ1) is 10.6. The van der Waals surface area contributed by atoms with E-state index < -0.39 is 5.91 Å². The molecule has 0 spiro atoms. The number of hydrogen-bond acceptors (Lipinski definition) is 8. The third-order valence-corrected chi connectivity index (χ3v) is 2.97. The van der Waals surface area contributed by atoms with Crippen molar-refractivity contribution in [1.82, 2.24) is 19.5 Å². The number of fused-ring (bicyclic) bond motifs is 1. The van der Waals surface area contributed by atoms with Crippen LogP contribution in [0.4, 0.5) is 5.82 Å². The summed E-state index contributed by atoms with van der Waals surface area (Å²) in [5.41, 5.74) is 6.31. The zero-order chi connectivity index (χ0) is 16.1. The number of methoxy groups -OCH3 is 1. The number of aliphatic hydroxyl groups excluding tert-OH is 1. The monoisotopic (exact) mass is 309 g/mol. The van der Waals surface area contributed by atoms with Gasteiger partial charge in [0, 0.05) is 0 Å². The van der Waals surface area contributed by atoms with Crippen molar-refractivity contribution < 1.29 is 19.4 Å². The number of nitrogens with zero attached hydrogens (tertiary/aromatic N) is 4. The lowest BCUT2D eigenvalue weighted by Crippen LogP contribution is -2.14. The maximum absolute atomic E-state index is 12.1. The first-order valence-corrected chi connectivity index (χ1v) is 6.99. The van der Waals surface area contributed by atoms with E-state index in [1.165, 1.54) is 7.11 Å². The Balaban J connectivity index is 2.49. The number of carbonyl (C=O) groups is 1. The van der Waals surface area contributed by atoms with Gasteiger partial charge in [0.15, 0.2) is 17.0 Å². The second kappa shape index (κ2) is 7.03. The van der Waals surface area contributed by atoms with Gasteiger partial charge in [0.2, 0.25) is 5.91 Å². The fourth-order valence-corrected chi connectivity index (χ4v) is 1.88. The highest BCUT2D eigenvalue weighted by atomic mass is 16.5. The zero-order valence-corrected chi connectivity index (χ0v) is 12.6. The van der Waals surface area contributed by atoms with Gasteiger partial charge in [-0.3, -0.25) is 4.79 Å². The molecule has 2 heterocycles. The van der Waals surface area contributed by atoms with E-state index in [9.17, 15) is 4.79 Å². The number of ether oxygens (including phenoxy) is 2. The third-order valence-electron chi connectivity index (χ3n) is 2.97. The van der Waals surface area contributed by atoms with E-state index in [1.807, 2.05) is 6.92 Å². The molecule has 0 radical (unpaired) electrons. The fourth-order valence-electron chi connectivity index (χ4n) is 1.88. The Labute approximate surface area is 127 Å². The highest BCUT2D eigenvalue weighted by Gasteiger charge is 2.22. The van der Waals surface area contributed by atoms with Crippen molar-refractivity contribution in [3.8, 4) is 12.0 Å². The van der Waals surface area contributed by atoms with Gasteiger partial charge in [0.25, 0.3) is 0 Å². The molecular formula is C13H19N5O4. The van der Waals surface area contributed by atoms with Crippen LogP contribution < -0.4 is 15.2 Å². The molecule has 2 aromatic heterocycles. The van der Waals surface area contributed by atoms with Gasteiger partial charge in [-0.15, -0.1) is 0 Å². The summed E-state index contributed by atoms with van der Waals surface area (Å²) in [4.78, 5) is 24.4. The lowest BCUT2D eigenvalue weighted by Gasteiger charge is -2.06. The van der Waals surface area contributed by atoms with Crippen molar-refractivity contribution in [3.05, 3.63) is 0 Å². The predicted molar refractivity (Wildman–Crippen MR) is 79.0 cm³/mol. The molecule has 2 aromatic rings. The Morgan fingerprint density at radius 3 is 2.77 bits per heavy atom. The number of aliphatic hydroxyl groups is 1. The molecule has 2 rings (SSSR count). The standard InChI is InChI=1S/C13H19N5O4/c1-3-4-7-22-12-16-10(14)9-11(17-12)18(8(20)5-6-19)13(15-9)21-2/h19H,3-7H2,1-2H3,(H2,14,16,17). The van der Waals surface area contributed by atoms with Crippen molar-refractivity contribution in [3.63, 3.8) is 0 Å². The molecule has 0 saturated carbocycles. The summed E-state index contributed by atoms with van der Waals surface area (Å²) in [6, 6.07) is 0.124.